The molecule has 0 aliphatic carbocycles. The van der Waals surface area contributed by atoms with E-state index in [0.29, 0.717) is 24.2 Å². The van der Waals surface area contributed by atoms with Crippen molar-refractivity contribution in [3.63, 3.8) is 0 Å². The van der Waals surface area contributed by atoms with Gasteiger partial charge in [-0.2, -0.15) is 0 Å². The second kappa shape index (κ2) is 7.24. The van der Waals surface area contributed by atoms with Gasteiger partial charge < -0.3 is 4.90 Å². The number of hydrogen-bond acceptors (Lipinski definition) is 3. The predicted octanol–water partition coefficient (Wildman–Crippen LogP) is 4.34. The third kappa shape index (κ3) is 3.22. The minimum Gasteiger partial charge on any atom is -0.305 e. The van der Waals surface area contributed by atoms with Crippen molar-refractivity contribution in [1.29, 1.82) is 0 Å². The van der Waals surface area contributed by atoms with Crippen molar-refractivity contribution >= 4 is 27.3 Å². The minimum atomic E-state index is -3.63. The number of aryl methyl sites for hydroxylation is 1. The van der Waals surface area contributed by atoms with E-state index in [9.17, 15) is 13.2 Å². The topological polar surface area (TPSA) is 57.7 Å². The summed E-state index contributed by atoms with van der Waals surface area (Å²) in [4.78, 5) is 15.5. The molecule has 5 rings (SSSR count). The monoisotopic (exact) mass is 432 g/mol. The molecule has 0 radical (unpaired) electrons. The molecule has 1 unspecified atom stereocenters. The SMILES string of the molecule is Cc1ccc(S(=O)(=O)N2CCc3cc(C(=O)N4c5ccccc5CC4C)ccc32)cc1. The molecule has 31 heavy (non-hydrogen) atoms. The van der Waals surface area contributed by atoms with E-state index in [1.165, 1.54) is 9.87 Å². The average molecular weight is 433 g/mol. The van der Waals surface area contributed by atoms with Crippen LogP contribution in [-0.4, -0.2) is 26.9 Å². The number of hydrogen-bond donors (Lipinski definition) is 0. The van der Waals surface area contributed by atoms with E-state index in [2.05, 4.69) is 13.0 Å². The van der Waals surface area contributed by atoms with E-state index in [1.807, 2.05) is 36.1 Å². The van der Waals surface area contributed by atoms with Gasteiger partial charge in [-0.25, -0.2) is 8.42 Å². The summed E-state index contributed by atoms with van der Waals surface area (Å²) in [5.41, 5.74) is 5.30. The van der Waals surface area contributed by atoms with Gasteiger partial charge in [0.25, 0.3) is 15.9 Å². The number of amides is 1. The predicted molar refractivity (Wildman–Crippen MR) is 122 cm³/mol. The molecule has 2 heterocycles. The van der Waals surface area contributed by atoms with Gasteiger partial charge in [-0.3, -0.25) is 9.10 Å². The molecular formula is C25H24N2O3S. The van der Waals surface area contributed by atoms with E-state index in [0.717, 1.165) is 23.2 Å². The van der Waals surface area contributed by atoms with Crippen molar-refractivity contribution in [2.45, 2.75) is 37.6 Å². The molecule has 0 bridgehead atoms. The first-order valence-corrected chi connectivity index (χ1v) is 11.9. The molecule has 0 aromatic heterocycles. The molecule has 1 atom stereocenters. The van der Waals surface area contributed by atoms with E-state index in [1.54, 1.807) is 36.4 Å². The highest BCUT2D eigenvalue weighted by atomic mass is 32.2. The Bertz CT molecular complexity index is 1280. The second-order valence-electron chi connectivity index (χ2n) is 8.34. The summed E-state index contributed by atoms with van der Waals surface area (Å²) in [6, 6.07) is 20.4. The lowest BCUT2D eigenvalue weighted by atomic mass is 10.1. The molecule has 0 N–H and O–H groups in total. The molecule has 5 nitrogen and oxygen atoms in total. The minimum absolute atomic E-state index is 0.0416. The number of anilines is 2. The molecule has 2 aliphatic heterocycles. The Balaban J connectivity index is 1.46. The van der Waals surface area contributed by atoms with Crippen molar-refractivity contribution in [1.82, 2.24) is 0 Å². The first kappa shape index (κ1) is 19.8. The van der Waals surface area contributed by atoms with Crippen LogP contribution in [0, 0.1) is 6.92 Å². The molecule has 2 aliphatic rings. The number of carbonyl (C=O) groups is 1. The third-order valence-electron chi connectivity index (χ3n) is 6.21. The molecule has 0 fully saturated rings. The fraction of sp³-hybridized carbons (Fsp3) is 0.240. The molecule has 1 amide bonds. The van der Waals surface area contributed by atoms with Gasteiger partial charge in [-0.05, 0) is 74.2 Å². The van der Waals surface area contributed by atoms with E-state index in [4.69, 9.17) is 0 Å². The molecular weight excluding hydrogens is 408 g/mol. The fourth-order valence-corrected chi connectivity index (χ4v) is 6.11. The maximum absolute atomic E-state index is 13.3. The quantitative estimate of drug-likeness (QED) is 0.619. The average Bonchev–Trinajstić information content (AvgIpc) is 3.33. The van der Waals surface area contributed by atoms with Crippen LogP contribution in [0.1, 0.15) is 34.0 Å². The van der Waals surface area contributed by atoms with E-state index in [-0.39, 0.29) is 16.8 Å². The van der Waals surface area contributed by atoms with Gasteiger partial charge >= 0.3 is 0 Å². The van der Waals surface area contributed by atoms with Gasteiger partial charge in [-0.1, -0.05) is 35.9 Å². The summed E-state index contributed by atoms with van der Waals surface area (Å²) in [7, 11) is -3.63. The molecule has 3 aromatic carbocycles. The molecule has 0 spiro atoms. The van der Waals surface area contributed by atoms with Crippen LogP contribution in [0.5, 0.6) is 0 Å². The van der Waals surface area contributed by atoms with Gasteiger partial charge in [-0.15, -0.1) is 0 Å². The van der Waals surface area contributed by atoms with Crippen molar-refractivity contribution < 1.29 is 13.2 Å². The highest BCUT2D eigenvalue weighted by Gasteiger charge is 2.34. The highest BCUT2D eigenvalue weighted by molar-refractivity contribution is 7.92. The van der Waals surface area contributed by atoms with Crippen molar-refractivity contribution in [3.8, 4) is 0 Å². The standard InChI is InChI=1S/C25H24N2O3S/c1-17-7-10-22(11-8-17)31(29,30)26-14-13-20-16-21(9-12-23(20)26)25(28)27-18(2)15-19-5-3-4-6-24(19)27/h3-12,16,18H,13-15H2,1-2H3. The van der Waals surface area contributed by atoms with Crippen LogP contribution in [0.2, 0.25) is 0 Å². The normalized spacial score (nSPS) is 17.5. The van der Waals surface area contributed by atoms with E-state index >= 15 is 0 Å². The Kier molecular flexibility index (Phi) is 4.63. The van der Waals surface area contributed by atoms with Gasteiger partial charge in [0.05, 0.1) is 10.6 Å². The number of rotatable bonds is 3. The van der Waals surface area contributed by atoms with Crippen LogP contribution in [0.15, 0.2) is 71.6 Å². The summed E-state index contributed by atoms with van der Waals surface area (Å²) in [5, 5.41) is 0. The molecule has 0 saturated heterocycles. The van der Waals surface area contributed by atoms with Gasteiger partial charge in [0.2, 0.25) is 0 Å². The van der Waals surface area contributed by atoms with Gasteiger partial charge in [0, 0.05) is 23.8 Å². The summed E-state index contributed by atoms with van der Waals surface area (Å²) >= 11 is 0. The Morgan fingerprint density at radius 3 is 2.45 bits per heavy atom. The fourth-order valence-electron chi connectivity index (χ4n) is 4.61. The Labute approximate surface area is 183 Å². The van der Waals surface area contributed by atoms with Crippen LogP contribution >= 0.6 is 0 Å². The van der Waals surface area contributed by atoms with Crippen LogP contribution in [0.3, 0.4) is 0 Å². The zero-order chi connectivity index (χ0) is 21.8. The summed E-state index contributed by atoms with van der Waals surface area (Å²) in [6.07, 6.45) is 1.43. The Morgan fingerprint density at radius 2 is 1.68 bits per heavy atom. The summed E-state index contributed by atoms with van der Waals surface area (Å²) in [5.74, 6) is -0.0416. The maximum Gasteiger partial charge on any atom is 0.264 e. The van der Waals surface area contributed by atoms with E-state index < -0.39 is 10.0 Å². The summed E-state index contributed by atoms with van der Waals surface area (Å²) in [6.45, 7) is 4.37. The zero-order valence-corrected chi connectivity index (χ0v) is 18.4. The lowest BCUT2D eigenvalue weighted by Gasteiger charge is -2.23. The Hall–Kier alpha value is -3.12. The Morgan fingerprint density at radius 1 is 0.935 bits per heavy atom. The largest absolute Gasteiger partial charge is 0.305 e. The number of para-hydroxylation sites is 1. The number of nitrogens with zero attached hydrogens (tertiary/aromatic N) is 2. The number of sulfonamides is 1. The van der Waals surface area contributed by atoms with Crippen LogP contribution in [0.25, 0.3) is 0 Å². The highest BCUT2D eigenvalue weighted by Crippen LogP contribution is 2.36. The van der Waals surface area contributed by atoms with Crippen molar-refractivity contribution in [3.05, 3.63) is 89.0 Å². The zero-order valence-electron chi connectivity index (χ0n) is 17.6. The first-order chi connectivity index (χ1) is 14.9. The number of carbonyl (C=O) groups excluding carboxylic acids is 1. The summed E-state index contributed by atoms with van der Waals surface area (Å²) < 4.78 is 27.8. The van der Waals surface area contributed by atoms with Gasteiger partial charge in [0.1, 0.15) is 0 Å². The maximum atomic E-state index is 13.3. The van der Waals surface area contributed by atoms with Crippen LogP contribution in [0.4, 0.5) is 11.4 Å². The van der Waals surface area contributed by atoms with Crippen LogP contribution in [-0.2, 0) is 22.9 Å². The lowest BCUT2D eigenvalue weighted by molar-refractivity contribution is 0.0981. The lowest BCUT2D eigenvalue weighted by Crippen LogP contribution is -2.35. The molecule has 158 valence electrons. The van der Waals surface area contributed by atoms with Crippen molar-refractivity contribution in [2.75, 3.05) is 15.7 Å². The van der Waals surface area contributed by atoms with Crippen LogP contribution < -0.4 is 9.21 Å². The number of fused-ring (bicyclic) bond motifs is 2. The second-order valence-corrected chi connectivity index (χ2v) is 10.2. The molecule has 6 heteroatoms. The molecule has 3 aromatic rings. The number of benzene rings is 3. The smallest absolute Gasteiger partial charge is 0.264 e. The van der Waals surface area contributed by atoms with Gasteiger partial charge in [0.15, 0.2) is 0 Å². The first-order valence-electron chi connectivity index (χ1n) is 10.5. The van der Waals surface area contributed by atoms with Crippen molar-refractivity contribution in [2.24, 2.45) is 0 Å². The third-order valence-corrected chi connectivity index (χ3v) is 8.04. The molecule has 0 saturated carbocycles.